The zero-order chi connectivity index (χ0) is 29.9. The van der Waals surface area contributed by atoms with Crippen LogP contribution in [0.15, 0.2) is 45.4 Å². The number of benzene rings is 2. The van der Waals surface area contributed by atoms with E-state index in [0.717, 1.165) is 31.2 Å². The van der Waals surface area contributed by atoms with Gasteiger partial charge < -0.3 is 10.6 Å². The van der Waals surface area contributed by atoms with E-state index < -0.39 is 60.0 Å². The van der Waals surface area contributed by atoms with Crippen molar-refractivity contribution in [1.82, 2.24) is 10.6 Å². The van der Waals surface area contributed by atoms with Crippen LogP contribution in [0, 0.1) is 0 Å². The normalized spacial score (nSPS) is 14.3. The molecule has 2 N–H and O–H groups in total. The van der Waals surface area contributed by atoms with Crippen LogP contribution in [0.2, 0.25) is 5.02 Å². The fraction of sp³-hybridized carbons (Fsp3) is 0.304. The van der Waals surface area contributed by atoms with Gasteiger partial charge in [-0.15, -0.1) is 0 Å². The first-order chi connectivity index (χ1) is 17.7. The minimum Gasteiger partial charge on any atom is -0.345 e. The Labute approximate surface area is 237 Å². The van der Waals surface area contributed by atoms with E-state index in [0.29, 0.717) is 18.2 Å². The largest absolute Gasteiger partial charge is 0.417 e. The molecule has 0 saturated carbocycles. The second kappa shape index (κ2) is 12.5. The first kappa shape index (κ1) is 32.9. The summed E-state index contributed by atoms with van der Waals surface area (Å²) in [7, 11) is 0. The monoisotopic (exact) mass is 716 g/mol. The third kappa shape index (κ3) is 9.41. The van der Waals surface area contributed by atoms with Gasteiger partial charge in [-0.05, 0) is 74.2 Å². The van der Waals surface area contributed by atoms with Gasteiger partial charge in [-0.1, -0.05) is 29.8 Å². The summed E-state index contributed by atoms with van der Waals surface area (Å²) in [5.41, 5.74) is -3.14. The molecule has 0 aliphatic heterocycles. The lowest BCUT2D eigenvalue weighted by molar-refractivity contribution is -0.139. The first-order valence-corrected chi connectivity index (χ1v) is 12.4. The molecule has 0 bridgehead atoms. The lowest BCUT2D eigenvalue weighted by Gasteiger charge is -2.19. The highest BCUT2D eigenvalue weighted by atomic mass is 79.9. The molecule has 0 fully saturated rings. The van der Waals surface area contributed by atoms with E-state index in [1.807, 2.05) is 5.32 Å². The maximum atomic E-state index is 13.8. The molecule has 2 rings (SSSR count). The van der Waals surface area contributed by atoms with Crippen LogP contribution in [0.25, 0.3) is 6.08 Å². The molecule has 2 aromatic rings. The number of amides is 2. The van der Waals surface area contributed by atoms with Gasteiger partial charge in [0.2, 0.25) is 5.91 Å². The molecule has 4 nitrogen and oxygen atoms in total. The maximum Gasteiger partial charge on any atom is 0.417 e. The number of hydrogen-bond donors (Lipinski definition) is 2. The molecule has 39 heavy (non-hydrogen) atoms. The molecule has 0 radical (unpaired) electrons. The molecule has 0 heterocycles. The SMILES string of the molecule is CC(NC(=O)c1ccc(/C=C/C(c2cc(Br)c(Cl)c(Br)c2)C(F)(F)F)cc1C(F)(F)F)C(=O)NCC(F)(F)F. The predicted octanol–water partition coefficient (Wildman–Crippen LogP) is 8.04. The van der Waals surface area contributed by atoms with Gasteiger partial charge >= 0.3 is 18.5 Å². The molecule has 2 amide bonds. The molecule has 16 heteroatoms. The van der Waals surface area contributed by atoms with Gasteiger partial charge in [-0.2, -0.15) is 39.5 Å². The molecular formula is C23H16Br2ClF9N2O2. The summed E-state index contributed by atoms with van der Waals surface area (Å²) in [5.74, 6) is -4.97. The summed E-state index contributed by atoms with van der Waals surface area (Å²) in [6.07, 6.45) is -13.3. The van der Waals surface area contributed by atoms with Crippen LogP contribution in [0.1, 0.15) is 39.9 Å². The fourth-order valence-corrected chi connectivity index (χ4v) is 4.48. The average Bonchev–Trinajstić information content (AvgIpc) is 2.78. The van der Waals surface area contributed by atoms with Crippen LogP contribution in [-0.2, 0) is 11.0 Å². The number of hydrogen-bond acceptors (Lipinski definition) is 2. The number of rotatable bonds is 7. The van der Waals surface area contributed by atoms with Crippen molar-refractivity contribution in [2.45, 2.75) is 37.4 Å². The van der Waals surface area contributed by atoms with Crippen LogP contribution in [-0.4, -0.2) is 36.8 Å². The fourth-order valence-electron chi connectivity index (χ4n) is 3.15. The van der Waals surface area contributed by atoms with Crippen molar-refractivity contribution in [3.8, 4) is 0 Å². The second-order valence-corrected chi connectivity index (χ2v) is 10.1. The van der Waals surface area contributed by atoms with E-state index in [2.05, 4.69) is 31.9 Å². The van der Waals surface area contributed by atoms with E-state index in [4.69, 9.17) is 11.6 Å². The van der Waals surface area contributed by atoms with E-state index >= 15 is 0 Å². The maximum absolute atomic E-state index is 13.8. The molecule has 2 aromatic carbocycles. The third-order valence-electron chi connectivity index (χ3n) is 5.00. The van der Waals surface area contributed by atoms with Crippen LogP contribution in [0.4, 0.5) is 39.5 Å². The molecule has 2 atom stereocenters. The molecule has 0 aliphatic carbocycles. The van der Waals surface area contributed by atoms with Crippen molar-refractivity contribution in [3.63, 3.8) is 0 Å². The summed E-state index contributed by atoms with van der Waals surface area (Å²) in [6.45, 7) is -0.761. The third-order valence-corrected chi connectivity index (χ3v) is 7.11. The quantitative estimate of drug-likeness (QED) is 0.225. The van der Waals surface area contributed by atoms with Gasteiger partial charge in [0.05, 0.1) is 22.1 Å². The van der Waals surface area contributed by atoms with Crippen molar-refractivity contribution in [3.05, 3.63) is 72.6 Å². The Hall–Kier alpha value is -2.26. The van der Waals surface area contributed by atoms with Crippen molar-refractivity contribution in [2.24, 2.45) is 0 Å². The van der Waals surface area contributed by atoms with Crippen LogP contribution < -0.4 is 10.6 Å². The highest BCUT2D eigenvalue weighted by Crippen LogP contribution is 2.41. The van der Waals surface area contributed by atoms with E-state index in [1.165, 1.54) is 5.32 Å². The Morgan fingerprint density at radius 2 is 1.54 bits per heavy atom. The lowest BCUT2D eigenvalue weighted by atomic mass is 9.96. The summed E-state index contributed by atoms with van der Waals surface area (Å²) >= 11 is 12.0. The van der Waals surface area contributed by atoms with Crippen molar-refractivity contribution in [2.75, 3.05) is 6.54 Å². The van der Waals surface area contributed by atoms with Crippen LogP contribution >= 0.6 is 43.5 Å². The number of carbonyl (C=O) groups is 2. The van der Waals surface area contributed by atoms with E-state index in [-0.39, 0.29) is 25.1 Å². The molecule has 0 aromatic heterocycles. The zero-order valence-electron chi connectivity index (χ0n) is 19.3. The minimum absolute atomic E-state index is 0.111. The molecule has 0 saturated heterocycles. The van der Waals surface area contributed by atoms with Crippen molar-refractivity contribution < 1.29 is 49.1 Å². The number of allylic oxidation sites excluding steroid dienone is 1. The Bertz CT molecular complexity index is 1240. The molecule has 214 valence electrons. The Morgan fingerprint density at radius 1 is 0.974 bits per heavy atom. The van der Waals surface area contributed by atoms with E-state index in [1.54, 1.807) is 0 Å². The predicted molar refractivity (Wildman–Crippen MR) is 132 cm³/mol. The Morgan fingerprint density at radius 3 is 2.03 bits per heavy atom. The highest BCUT2D eigenvalue weighted by Gasteiger charge is 2.40. The highest BCUT2D eigenvalue weighted by molar-refractivity contribution is 9.11. The molecular weight excluding hydrogens is 703 g/mol. The average molecular weight is 719 g/mol. The molecule has 0 aliphatic rings. The smallest absolute Gasteiger partial charge is 0.345 e. The number of halogens is 12. The number of carbonyl (C=O) groups excluding carboxylic acids is 2. The Balaban J connectivity index is 2.37. The summed E-state index contributed by atoms with van der Waals surface area (Å²) in [5, 5.41) is 3.46. The van der Waals surface area contributed by atoms with Gasteiger partial charge in [-0.3, -0.25) is 9.59 Å². The van der Waals surface area contributed by atoms with Crippen molar-refractivity contribution in [1.29, 1.82) is 0 Å². The summed E-state index contributed by atoms with van der Waals surface area (Å²) < 4.78 is 119. The van der Waals surface area contributed by atoms with Gasteiger partial charge in [0.1, 0.15) is 12.6 Å². The molecule has 2 unspecified atom stereocenters. The lowest BCUT2D eigenvalue weighted by Crippen LogP contribution is -2.47. The van der Waals surface area contributed by atoms with Gasteiger partial charge in [0.15, 0.2) is 0 Å². The van der Waals surface area contributed by atoms with E-state index in [9.17, 15) is 49.1 Å². The zero-order valence-corrected chi connectivity index (χ0v) is 23.2. The minimum atomic E-state index is -5.15. The Kier molecular flexibility index (Phi) is 10.6. The number of nitrogens with one attached hydrogen (secondary N) is 2. The molecule has 0 spiro atoms. The second-order valence-electron chi connectivity index (χ2n) is 8.01. The summed E-state index contributed by atoms with van der Waals surface area (Å²) in [6, 6.07) is 2.63. The summed E-state index contributed by atoms with van der Waals surface area (Å²) in [4.78, 5) is 24.2. The first-order valence-electron chi connectivity index (χ1n) is 10.5. The van der Waals surface area contributed by atoms with Crippen molar-refractivity contribution >= 4 is 61.4 Å². The topological polar surface area (TPSA) is 58.2 Å². The van der Waals surface area contributed by atoms with Crippen LogP contribution in [0.3, 0.4) is 0 Å². The van der Waals surface area contributed by atoms with Gasteiger partial charge in [-0.25, -0.2) is 0 Å². The van der Waals surface area contributed by atoms with Gasteiger partial charge in [0.25, 0.3) is 5.91 Å². The van der Waals surface area contributed by atoms with Crippen LogP contribution in [0.5, 0.6) is 0 Å². The standard InChI is InChI=1S/C23H16Br2ClF9N2O2/c1-10(19(38)36-9-21(27,28)29)37-20(39)13-4-2-11(6-15(13)23(33,34)35)3-5-14(22(30,31)32)12-7-16(24)18(26)17(25)8-12/h2-8,10,14H,9H2,1H3,(H,36,38)(H,37,39)/b5-3+. The number of alkyl halides is 9. The van der Waals surface area contributed by atoms with Gasteiger partial charge in [0, 0.05) is 8.95 Å².